The summed E-state index contributed by atoms with van der Waals surface area (Å²) >= 11 is 11.4. The highest BCUT2D eigenvalue weighted by atomic mass is 35.5. The van der Waals surface area contributed by atoms with E-state index in [-0.39, 0.29) is 0 Å². The fourth-order valence-electron chi connectivity index (χ4n) is 0.687. The lowest BCUT2D eigenvalue weighted by Gasteiger charge is -1.96. The van der Waals surface area contributed by atoms with Gasteiger partial charge in [-0.1, -0.05) is 29.3 Å². The first-order valence-corrected chi connectivity index (χ1v) is 3.68. The van der Waals surface area contributed by atoms with Crippen LogP contribution in [0.5, 0.6) is 0 Å². The number of halogens is 2. The Bertz CT molecular complexity index is 284. The third kappa shape index (κ3) is 2.10. The van der Waals surface area contributed by atoms with Crippen LogP contribution in [0, 0.1) is 0 Å². The second-order valence-electron chi connectivity index (χ2n) is 1.94. The quantitative estimate of drug-likeness (QED) is 0.410. The predicted molar refractivity (Wildman–Crippen MR) is 48.2 cm³/mol. The Morgan fingerprint density at radius 3 is 2.64 bits per heavy atom. The average Bonchev–Trinajstić information content (AvgIpc) is 1.95. The number of hydrazone groups is 1. The third-order valence-electron chi connectivity index (χ3n) is 1.18. The van der Waals surface area contributed by atoms with E-state index >= 15 is 0 Å². The Labute approximate surface area is 74.6 Å². The lowest BCUT2D eigenvalue weighted by molar-refractivity contribution is 1.26. The van der Waals surface area contributed by atoms with E-state index in [4.69, 9.17) is 29.0 Å². The molecular formula is C7H6Cl2N2. The van der Waals surface area contributed by atoms with Crippen LogP contribution in [0.4, 0.5) is 0 Å². The van der Waals surface area contributed by atoms with Crippen LogP contribution >= 0.6 is 23.2 Å². The standard InChI is InChI=1S/C7H6Cl2N2/c8-6-2-1-5(4-11-10)7(9)3-6/h1-4H,10H2. The third-order valence-corrected chi connectivity index (χ3v) is 1.74. The molecule has 4 heteroatoms. The van der Waals surface area contributed by atoms with Crippen molar-refractivity contribution in [3.05, 3.63) is 33.8 Å². The zero-order valence-corrected chi connectivity index (χ0v) is 7.10. The number of nitrogens with two attached hydrogens (primary N) is 1. The summed E-state index contributed by atoms with van der Waals surface area (Å²) in [7, 11) is 0. The van der Waals surface area contributed by atoms with E-state index in [0.29, 0.717) is 10.0 Å². The smallest absolute Gasteiger partial charge is 0.0553 e. The number of rotatable bonds is 1. The molecule has 0 atom stereocenters. The van der Waals surface area contributed by atoms with Gasteiger partial charge in [0.05, 0.1) is 11.2 Å². The molecule has 0 unspecified atom stereocenters. The summed E-state index contributed by atoms with van der Waals surface area (Å²) in [6.07, 6.45) is 1.47. The number of benzene rings is 1. The van der Waals surface area contributed by atoms with Gasteiger partial charge < -0.3 is 5.84 Å². The van der Waals surface area contributed by atoms with Crippen LogP contribution in [0.3, 0.4) is 0 Å². The Kier molecular flexibility index (Phi) is 2.74. The molecule has 2 N–H and O–H groups in total. The zero-order chi connectivity index (χ0) is 8.27. The zero-order valence-electron chi connectivity index (χ0n) is 5.59. The van der Waals surface area contributed by atoms with Crippen molar-refractivity contribution in [2.24, 2.45) is 10.9 Å². The van der Waals surface area contributed by atoms with Gasteiger partial charge in [-0.15, -0.1) is 0 Å². The van der Waals surface area contributed by atoms with Crippen molar-refractivity contribution in [1.29, 1.82) is 0 Å². The first kappa shape index (κ1) is 8.37. The molecule has 0 aliphatic carbocycles. The van der Waals surface area contributed by atoms with Crippen LogP contribution in [-0.4, -0.2) is 6.21 Å². The molecule has 2 nitrogen and oxygen atoms in total. The number of hydrogen-bond donors (Lipinski definition) is 1. The fraction of sp³-hybridized carbons (Fsp3) is 0. The molecule has 0 aliphatic rings. The van der Waals surface area contributed by atoms with Gasteiger partial charge in [-0.2, -0.15) is 5.10 Å². The van der Waals surface area contributed by atoms with Crippen molar-refractivity contribution >= 4 is 29.4 Å². The lowest BCUT2D eigenvalue weighted by atomic mass is 10.2. The second kappa shape index (κ2) is 3.60. The summed E-state index contributed by atoms with van der Waals surface area (Å²) in [5.74, 6) is 4.95. The molecular weight excluding hydrogens is 183 g/mol. The van der Waals surface area contributed by atoms with Crippen LogP contribution in [0.15, 0.2) is 23.3 Å². The van der Waals surface area contributed by atoms with Crippen molar-refractivity contribution in [3.8, 4) is 0 Å². The highest BCUT2D eigenvalue weighted by Gasteiger charge is 1.96. The molecule has 58 valence electrons. The van der Waals surface area contributed by atoms with Crippen molar-refractivity contribution in [2.75, 3.05) is 0 Å². The van der Waals surface area contributed by atoms with Gasteiger partial charge in [0, 0.05) is 10.6 Å². The first-order valence-electron chi connectivity index (χ1n) is 2.92. The minimum Gasteiger partial charge on any atom is -0.323 e. The molecule has 0 bridgehead atoms. The Morgan fingerprint density at radius 1 is 1.36 bits per heavy atom. The maximum absolute atomic E-state index is 5.78. The first-order chi connectivity index (χ1) is 5.24. The molecule has 0 amide bonds. The highest BCUT2D eigenvalue weighted by Crippen LogP contribution is 2.19. The van der Waals surface area contributed by atoms with E-state index in [1.807, 2.05) is 0 Å². The molecule has 1 rings (SSSR count). The van der Waals surface area contributed by atoms with Crippen LogP contribution in [0.1, 0.15) is 5.56 Å². The second-order valence-corrected chi connectivity index (χ2v) is 2.79. The largest absolute Gasteiger partial charge is 0.323 e. The molecule has 1 aromatic rings. The number of nitrogens with zero attached hydrogens (tertiary/aromatic N) is 1. The minimum absolute atomic E-state index is 0.548. The molecule has 11 heavy (non-hydrogen) atoms. The van der Waals surface area contributed by atoms with Gasteiger partial charge in [-0.05, 0) is 12.1 Å². The van der Waals surface area contributed by atoms with E-state index in [1.54, 1.807) is 18.2 Å². The Morgan fingerprint density at radius 2 is 2.09 bits per heavy atom. The summed E-state index contributed by atoms with van der Waals surface area (Å²) in [5.41, 5.74) is 0.763. The van der Waals surface area contributed by atoms with Gasteiger partial charge in [0.25, 0.3) is 0 Å². The van der Waals surface area contributed by atoms with Gasteiger partial charge >= 0.3 is 0 Å². The van der Waals surface area contributed by atoms with Crippen molar-refractivity contribution in [2.45, 2.75) is 0 Å². The van der Waals surface area contributed by atoms with Crippen LogP contribution < -0.4 is 5.84 Å². The maximum atomic E-state index is 5.78. The van der Waals surface area contributed by atoms with Gasteiger partial charge in [0.15, 0.2) is 0 Å². The molecule has 0 aromatic heterocycles. The SMILES string of the molecule is NN=Cc1ccc(Cl)cc1Cl. The van der Waals surface area contributed by atoms with Gasteiger partial charge in [-0.3, -0.25) is 0 Å². The van der Waals surface area contributed by atoms with Crippen LogP contribution in [0.2, 0.25) is 10.0 Å². The predicted octanol–water partition coefficient (Wildman–Crippen LogP) is 2.29. The van der Waals surface area contributed by atoms with E-state index in [1.165, 1.54) is 6.21 Å². The Balaban J connectivity index is 3.09. The molecule has 0 aliphatic heterocycles. The van der Waals surface area contributed by atoms with E-state index in [9.17, 15) is 0 Å². The summed E-state index contributed by atoms with van der Waals surface area (Å²) in [6, 6.07) is 5.12. The maximum Gasteiger partial charge on any atom is 0.0553 e. The topological polar surface area (TPSA) is 38.4 Å². The van der Waals surface area contributed by atoms with Crippen LogP contribution in [-0.2, 0) is 0 Å². The average molecular weight is 189 g/mol. The molecule has 0 spiro atoms. The molecule has 1 aromatic carbocycles. The molecule has 0 saturated heterocycles. The van der Waals surface area contributed by atoms with Gasteiger partial charge in [0.1, 0.15) is 0 Å². The highest BCUT2D eigenvalue weighted by molar-refractivity contribution is 6.36. The van der Waals surface area contributed by atoms with Crippen molar-refractivity contribution < 1.29 is 0 Å². The lowest BCUT2D eigenvalue weighted by Crippen LogP contribution is -1.86. The van der Waals surface area contributed by atoms with Crippen molar-refractivity contribution in [3.63, 3.8) is 0 Å². The molecule has 0 radical (unpaired) electrons. The fourth-order valence-corrected chi connectivity index (χ4v) is 1.14. The van der Waals surface area contributed by atoms with Gasteiger partial charge in [-0.25, -0.2) is 0 Å². The summed E-state index contributed by atoms with van der Waals surface area (Å²) in [5, 5.41) is 4.49. The minimum atomic E-state index is 0.548. The van der Waals surface area contributed by atoms with Crippen LogP contribution in [0.25, 0.3) is 0 Å². The summed E-state index contributed by atoms with van der Waals surface area (Å²) in [4.78, 5) is 0. The Hall–Kier alpha value is -0.730. The summed E-state index contributed by atoms with van der Waals surface area (Å²) in [6.45, 7) is 0. The normalized spacial score (nSPS) is 10.7. The monoisotopic (exact) mass is 188 g/mol. The molecule has 0 fully saturated rings. The van der Waals surface area contributed by atoms with E-state index < -0.39 is 0 Å². The summed E-state index contributed by atoms with van der Waals surface area (Å²) < 4.78 is 0. The van der Waals surface area contributed by atoms with Gasteiger partial charge in [0.2, 0.25) is 0 Å². The van der Waals surface area contributed by atoms with E-state index in [0.717, 1.165) is 5.56 Å². The molecule has 0 saturated carbocycles. The van der Waals surface area contributed by atoms with Crippen molar-refractivity contribution in [1.82, 2.24) is 0 Å². The van der Waals surface area contributed by atoms with E-state index in [2.05, 4.69) is 5.10 Å². The number of hydrogen-bond acceptors (Lipinski definition) is 2. The molecule has 0 heterocycles.